The van der Waals surface area contributed by atoms with Crippen molar-refractivity contribution in [2.24, 2.45) is 0 Å². The van der Waals surface area contributed by atoms with Crippen LogP contribution >= 0.6 is 7.82 Å². The molecule has 23 heavy (non-hydrogen) atoms. The molecule has 126 valence electrons. The molecule has 1 aliphatic rings. The molecule has 0 aromatic carbocycles. The highest BCUT2D eigenvalue weighted by atomic mass is 31.2. The first-order valence-corrected chi connectivity index (χ1v) is 7.93. The summed E-state index contributed by atoms with van der Waals surface area (Å²) in [5.41, 5.74) is -0.463. The first-order valence-electron chi connectivity index (χ1n) is 6.40. The Bertz CT molecular complexity index is 815. The van der Waals surface area contributed by atoms with Crippen LogP contribution in [-0.4, -0.2) is 64.4 Å². The molecule has 0 aliphatic carbocycles. The maximum absolute atomic E-state index is 11.6. The molecule has 4 atom stereocenters. The number of aliphatic hydroxyl groups excluding tert-OH is 2. The third-order valence-electron chi connectivity index (χ3n) is 3.39. The fraction of sp³-hybridized carbons (Fsp3) is 0.500. The first-order chi connectivity index (χ1) is 10.8. The summed E-state index contributed by atoms with van der Waals surface area (Å²) in [5, 5.41) is 19.2. The zero-order chi connectivity index (χ0) is 16.8. The molecule has 3 heterocycles. The number of rotatable bonds is 4. The Labute approximate surface area is 127 Å². The number of phosphoric acid groups is 1. The molecular formula is C10H13N4O8P. The van der Waals surface area contributed by atoms with E-state index in [4.69, 9.17) is 14.5 Å². The Morgan fingerprint density at radius 1 is 1.43 bits per heavy atom. The van der Waals surface area contributed by atoms with Crippen LogP contribution in [0.25, 0.3) is 11.2 Å². The maximum atomic E-state index is 11.6. The molecule has 1 saturated heterocycles. The minimum Gasteiger partial charge on any atom is -0.394 e. The van der Waals surface area contributed by atoms with Crippen LogP contribution in [0.4, 0.5) is 0 Å². The fourth-order valence-corrected chi connectivity index (χ4v) is 2.96. The number of aromatic amines is 1. The summed E-state index contributed by atoms with van der Waals surface area (Å²) in [6, 6.07) is 0. The number of nitrogens with zero attached hydrogens (tertiary/aromatic N) is 3. The number of nitrogens with one attached hydrogen (secondary N) is 1. The van der Waals surface area contributed by atoms with Crippen molar-refractivity contribution in [1.82, 2.24) is 19.5 Å². The Kier molecular flexibility index (Phi) is 4.06. The van der Waals surface area contributed by atoms with Gasteiger partial charge >= 0.3 is 7.82 Å². The topological polar surface area (TPSA) is 180 Å². The Balaban J connectivity index is 2.05. The molecule has 2 aromatic heterocycles. The second kappa shape index (κ2) is 5.76. The lowest BCUT2D eigenvalue weighted by Gasteiger charge is -2.21. The predicted molar refractivity (Wildman–Crippen MR) is 72.1 cm³/mol. The molecule has 1 fully saturated rings. The van der Waals surface area contributed by atoms with Crippen LogP contribution in [0.15, 0.2) is 17.4 Å². The van der Waals surface area contributed by atoms with Crippen LogP contribution in [0.3, 0.4) is 0 Å². The van der Waals surface area contributed by atoms with Crippen molar-refractivity contribution in [1.29, 1.82) is 0 Å². The number of hydrogen-bond donors (Lipinski definition) is 5. The van der Waals surface area contributed by atoms with E-state index < -0.39 is 44.5 Å². The quantitative estimate of drug-likeness (QED) is 0.382. The van der Waals surface area contributed by atoms with E-state index >= 15 is 0 Å². The predicted octanol–water partition coefficient (Wildman–Crippen LogP) is -2.15. The zero-order valence-corrected chi connectivity index (χ0v) is 12.3. The van der Waals surface area contributed by atoms with Crippen molar-refractivity contribution in [3.05, 3.63) is 23.0 Å². The lowest BCUT2D eigenvalue weighted by Crippen LogP contribution is -2.34. The van der Waals surface area contributed by atoms with Gasteiger partial charge in [0.15, 0.2) is 17.4 Å². The summed E-state index contributed by atoms with van der Waals surface area (Å²) >= 11 is 0. The third kappa shape index (κ3) is 2.93. The van der Waals surface area contributed by atoms with Gasteiger partial charge in [0.2, 0.25) is 0 Å². The molecule has 3 rings (SSSR count). The largest absolute Gasteiger partial charge is 0.470 e. The number of H-pyrrole nitrogens is 1. The molecule has 0 spiro atoms. The lowest BCUT2D eigenvalue weighted by molar-refractivity contribution is -0.0505. The number of phosphoric ester groups is 1. The van der Waals surface area contributed by atoms with Gasteiger partial charge in [0, 0.05) is 0 Å². The zero-order valence-electron chi connectivity index (χ0n) is 11.4. The summed E-state index contributed by atoms with van der Waals surface area (Å²) in [7, 11) is -4.94. The summed E-state index contributed by atoms with van der Waals surface area (Å²) in [5.74, 6) is 0. The van der Waals surface area contributed by atoms with Crippen LogP contribution in [0.2, 0.25) is 0 Å². The molecule has 0 saturated carbocycles. The van der Waals surface area contributed by atoms with Crippen LogP contribution in [0.1, 0.15) is 6.23 Å². The van der Waals surface area contributed by atoms with Gasteiger partial charge < -0.3 is 29.7 Å². The summed E-state index contributed by atoms with van der Waals surface area (Å²) < 4.78 is 22.3. The number of ether oxygens (including phenoxy) is 1. The molecule has 1 aliphatic heterocycles. The molecule has 2 aromatic rings. The van der Waals surface area contributed by atoms with Crippen molar-refractivity contribution in [2.45, 2.75) is 24.5 Å². The molecule has 13 heteroatoms. The Morgan fingerprint density at radius 3 is 2.83 bits per heavy atom. The van der Waals surface area contributed by atoms with Crippen molar-refractivity contribution < 1.29 is 33.8 Å². The number of aliphatic hydroxyl groups is 2. The van der Waals surface area contributed by atoms with Gasteiger partial charge in [0.05, 0.1) is 19.3 Å². The van der Waals surface area contributed by atoms with Crippen molar-refractivity contribution in [3.63, 3.8) is 0 Å². The summed E-state index contributed by atoms with van der Waals surface area (Å²) in [6.45, 7) is -0.598. The van der Waals surface area contributed by atoms with Crippen LogP contribution in [0, 0.1) is 0 Å². The average molecular weight is 348 g/mol. The Hall–Kier alpha value is -1.66. The van der Waals surface area contributed by atoms with Gasteiger partial charge in [0.1, 0.15) is 18.3 Å². The number of imidazole rings is 1. The smallest absolute Gasteiger partial charge is 0.394 e. The second-order valence-electron chi connectivity index (χ2n) is 4.85. The molecule has 4 unspecified atom stereocenters. The van der Waals surface area contributed by atoms with Gasteiger partial charge in [-0.2, -0.15) is 0 Å². The minimum absolute atomic E-state index is 0.0204. The number of hydrogen-bond acceptors (Lipinski definition) is 8. The fourth-order valence-electron chi connectivity index (χ4n) is 2.41. The normalized spacial score (nSPS) is 28.5. The molecule has 0 amide bonds. The number of aromatic nitrogens is 4. The van der Waals surface area contributed by atoms with E-state index in [0.29, 0.717) is 0 Å². The molecule has 5 N–H and O–H groups in total. The highest BCUT2D eigenvalue weighted by Crippen LogP contribution is 2.44. The minimum atomic E-state index is -4.94. The standard InChI is InChI=1S/C10H13N4O8P/c15-1-4-6(16)7(22-23(18,19)20)10(21-4)14-3-13-5-8(14)11-2-12-9(5)17/h2-4,6-7,10,15-16H,1H2,(H,11,12,17)(H2,18,19,20). The SMILES string of the molecule is O=c1[nH]cnc2c1ncn2C1OC(CO)C(O)C1OP(=O)(O)O. The lowest BCUT2D eigenvalue weighted by atomic mass is 10.1. The van der Waals surface area contributed by atoms with Crippen molar-refractivity contribution in [3.8, 4) is 0 Å². The van der Waals surface area contributed by atoms with Crippen molar-refractivity contribution in [2.75, 3.05) is 6.61 Å². The van der Waals surface area contributed by atoms with Gasteiger partial charge in [-0.1, -0.05) is 0 Å². The second-order valence-corrected chi connectivity index (χ2v) is 6.05. The maximum Gasteiger partial charge on any atom is 0.470 e. The average Bonchev–Trinajstić information content (AvgIpc) is 3.01. The first kappa shape index (κ1) is 16.2. The van der Waals surface area contributed by atoms with E-state index in [2.05, 4.69) is 19.5 Å². The van der Waals surface area contributed by atoms with Gasteiger partial charge in [-0.3, -0.25) is 13.9 Å². The van der Waals surface area contributed by atoms with Gasteiger partial charge in [-0.25, -0.2) is 14.5 Å². The van der Waals surface area contributed by atoms with Gasteiger partial charge in [-0.15, -0.1) is 0 Å². The number of fused-ring (bicyclic) bond motifs is 1. The van der Waals surface area contributed by atoms with E-state index in [0.717, 1.165) is 6.33 Å². The van der Waals surface area contributed by atoms with Gasteiger partial charge in [-0.05, 0) is 0 Å². The van der Waals surface area contributed by atoms with E-state index in [1.165, 1.54) is 10.9 Å². The third-order valence-corrected chi connectivity index (χ3v) is 3.91. The van der Waals surface area contributed by atoms with Crippen molar-refractivity contribution >= 4 is 19.0 Å². The van der Waals surface area contributed by atoms with E-state index in [1.54, 1.807) is 0 Å². The molecule has 0 radical (unpaired) electrons. The van der Waals surface area contributed by atoms with E-state index in [9.17, 15) is 19.6 Å². The van der Waals surface area contributed by atoms with E-state index in [1.807, 2.05) is 0 Å². The van der Waals surface area contributed by atoms with E-state index in [-0.39, 0.29) is 11.2 Å². The van der Waals surface area contributed by atoms with Crippen LogP contribution in [-0.2, 0) is 13.8 Å². The highest BCUT2D eigenvalue weighted by molar-refractivity contribution is 7.46. The summed E-state index contributed by atoms with van der Waals surface area (Å²) in [4.78, 5) is 39.7. The molecule has 0 bridgehead atoms. The highest BCUT2D eigenvalue weighted by Gasteiger charge is 2.48. The van der Waals surface area contributed by atoms with Crippen LogP contribution in [0.5, 0.6) is 0 Å². The monoisotopic (exact) mass is 348 g/mol. The molecular weight excluding hydrogens is 335 g/mol. The molecule has 12 nitrogen and oxygen atoms in total. The Morgan fingerprint density at radius 2 is 2.17 bits per heavy atom. The van der Waals surface area contributed by atoms with Gasteiger partial charge in [0.25, 0.3) is 5.56 Å². The van der Waals surface area contributed by atoms with Crippen LogP contribution < -0.4 is 5.56 Å². The summed E-state index contributed by atoms with van der Waals surface area (Å²) in [6.07, 6.45) is -3.08.